The lowest BCUT2D eigenvalue weighted by molar-refractivity contribution is 0.0455. The second kappa shape index (κ2) is 18.0. The molecule has 0 aliphatic carbocycles. The molecule has 4 nitrogen and oxygen atoms in total. The van der Waals surface area contributed by atoms with E-state index in [2.05, 4.69) is 6.92 Å². The van der Waals surface area contributed by atoms with Gasteiger partial charge in [0.2, 0.25) is 0 Å². The summed E-state index contributed by atoms with van der Waals surface area (Å²) in [6.07, 6.45) is 15.7. The van der Waals surface area contributed by atoms with Gasteiger partial charge in [0.25, 0.3) is 0 Å². The largest absolute Gasteiger partial charge is 0.462 e. The van der Waals surface area contributed by atoms with E-state index < -0.39 is 11.9 Å². The van der Waals surface area contributed by atoms with Crippen LogP contribution in [0, 0.1) is 0 Å². The van der Waals surface area contributed by atoms with Crippen LogP contribution in [0.15, 0.2) is 48.5 Å². The molecule has 0 aliphatic heterocycles. The second-order valence-electron chi connectivity index (χ2n) is 9.08. The van der Waals surface area contributed by atoms with Crippen molar-refractivity contribution in [2.24, 2.45) is 0 Å². The number of carbonyl (C=O) groups excluding carboxylic acids is 2. The Morgan fingerprint density at radius 3 is 1.60 bits per heavy atom. The van der Waals surface area contributed by atoms with Gasteiger partial charge in [-0.15, -0.1) is 0 Å². The number of esters is 2. The molecule has 0 unspecified atom stereocenters. The molecule has 0 aliphatic rings. The molecule has 0 saturated carbocycles. The van der Waals surface area contributed by atoms with Crippen LogP contribution in [0.5, 0.6) is 0 Å². The zero-order valence-electron chi connectivity index (χ0n) is 21.2. The summed E-state index contributed by atoms with van der Waals surface area (Å²) in [5, 5.41) is 0.668. The number of ether oxygens (including phenoxy) is 2. The van der Waals surface area contributed by atoms with E-state index >= 15 is 0 Å². The van der Waals surface area contributed by atoms with Crippen molar-refractivity contribution < 1.29 is 19.1 Å². The maximum atomic E-state index is 12.6. The van der Waals surface area contributed by atoms with E-state index in [1.807, 2.05) is 12.1 Å². The minimum absolute atomic E-state index is 0.225. The molecule has 0 fully saturated rings. The van der Waals surface area contributed by atoms with Crippen molar-refractivity contribution >= 4 is 23.5 Å². The minimum Gasteiger partial charge on any atom is -0.462 e. The normalized spacial score (nSPS) is 10.8. The van der Waals surface area contributed by atoms with Crippen LogP contribution < -0.4 is 0 Å². The summed E-state index contributed by atoms with van der Waals surface area (Å²) >= 11 is 5.89. The fourth-order valence-corrected chi connectivity index (χ4v) is 4.14. The number of hydrogen-bond acceptors (Lipinski definition) is 4. The lowest BCUT2D eigenvalue weighted by Gasteiger charge is -2.10. The molecule has 0 spiro atoms. The predicted octanol–water partition coefficient (Wildman–Crippen LogP) is 8.60. The first-order valence-electron chi connectivity index (χ1n) is 13.3. The molecule has 35 heavy (non-hydrogen) atoms. The Hall–Kier alpha value is -2.33. The SMILES string of the molecule is CCCCCCCCCCCCCCOC(=O)c1ccccc1C(=O)OCCc1ccc(Cl)cc1. The van der Waals surface area contributed by atoms with Crippen molar-refractivity contribution in [3.8, 4) is 0 Å². The standard InChI is InChI=1S/C30H41ClO4/c1-2-3-4-5-6-7-8-9-10-11-12-15-23-34-29(32)27-16-13-14-17-28(27)30(33)35-24-22-25-18-20-26(31)21-19-25/h13-14,16-21H,2-12,15,22-24H2,1H3. The van der Waals surface area contributed by atoms with E-state index in [1.54, 1.807) is 36.4 Å². The van der Waals surface area contributed by atoms with Gasteiger partial charge in [0.05, 0.1) is 24.3 Å². The highest BCUT2D eigenvalue weighted by Crippen LogP contribution is 2.15. The van der Waals surface area contributed by atoms with Crippen molar-refractivity contribution in [3.63, 3.8) is 0 Å². The molecule has 2 rings (SSSR count). The van der Waals surface area contributed by atoms with Gasteiger partial charge in [-0.3, -0.25) is 0 Å². The van der Waals surface area contributed by atoms with Crippen LogP contribution in [-0.4, -0.2) is 25.2 Å². The Bertz CT molecular complexity index is 863. The first-order chi connectivity index (χ1) is 17.1. The fraction of sp³-hybridized carbons (Fsp3) is 0.533. The summed E-state index contributed by atoms with van der Waals surface area (Å²) in [4.78, 5) is 25.1. The van der Waals surface area contributed by atoms with Crippen LogP contribution in [0.4, 0.5) is 0 Å². The quantitative estimate of drug-likeness (QED) is 0.152. The van der Waals surface area contributed by atoms with E-state index in [9.17, 15) is 9.59 Å². The van der Waals surface area contributed by atoms with Gasteiger partial charge in [-0.2, -0.15) is 0 Å². The van der Waals surface area contributed by atoms with Gasteiger partial charge in [0.1, 0.15) is 0 Å². The maximum Gasteiger partial charge on any atom is 0.339 e. The van der Waals surface area contributed by atoms with Crippen molar-refractivity contribution in [1.29, 1.82) is 0 Å². The van der Waals surface area contributed by atoms with E-state index in [4.69, 9.17) is 21.1 Å². The van der Waals surface area contributed by atoms with Crippen molar-refractivity contribution in [1.82, 2.24) is 0 Å². The van der Waals surface area contributed by atoms with E-state index in [1.165, 1.54) is 64.2 Å². The Kier molecular flexibility index (Phi) is 14.9. The third-order valence-electron chi connectivity index (χ3n) is 6.14. The Balaban J connectivity index is 1.60. The smallest absolute Gasteiger partial charge is 0.339 e. The van der Waals surface area contributed by atoms with E-state index in [0.29, 0.717) is 18.1 Å². The first-order valence-corrected chi connectivity index (χ1v) is 13.7. The third kappa shape index (κ3) is 12.3. The molecule has 0 atom stereocenters. The van der Waals surface area contributed by atoms with Crippen LogP contribution in [0.3, 0.4) is 0 Å². The van der Waals surface area contributed by atoms with E-state index in [-0.39, 0.29) is 17.7 Å². The van der Waals surface area contributed by atoms with Crippen molar-refractivity contribution in [2.45, 2.75) is 90.4 Å². The third-order valence-corrected chi connectivity index (χ3v) is 6.39. The van der Waals surface area contributed by atoms with Gasteiger partial charge in [-0.05, 0) is 36.2 Å². The highest BCUT2D eigenvalue weighted by Gasteiger charge is 2.18. The van der Waals surface area contributed by atoms with Crippen LogP contribution in [0.25, 0.3) is 0 Å². The molecule has 0 N–H and O–H groups in total. The molecular weight excluding hydrogens is 460 g/mol. The van der Waals surface area contributed by atoms with Crippen molar-refractivity contribution in [3.05, 3.63) is 70.2 Å². The number of hydrogen-bond donors (Lipinski definition) is 0. The highest BCUT2D eigenvalue weighted by molar-refractivity contribution is 6.30. The summed E-state index contributed by atoms with van der Waals surface area (Å²) in [6.45, 7) is 2.85. The van der Waals surface area contributed by atoms with Gasteiger partial charge < -0.3 is 9.47 Å². The zero-order chi connectivity index (χ0) is 25.1. The maximum absolute atomic E-state index is 12.6. The molecule has 0 amide bonds. The molecule has 0 aromatic heterocycles. The molecule has 0 radical (unpaired) electrons. The Morgan fingerprint density at radius 1 is 0.629 bits per heavy atom. The zero-order valence-corrected chi connectivity index (χ0v) is 22.0. The summed E-state index contributed by atoms with van der Waals surface area (Å²) in [7, 11) is 0. The predicted molar refractivity (Wildman–Crippen MR) is 143 cm³/mol. The highest BCUT2D eigenvalue weighted by atomic mass is 35.5. The Morgan fingerprint density at radius 2 is 1.09 bits per heavy atom. The number of unbranched alkanes of at least 4 members (excludes halogenated alkanes) is 11. The second-order valence-corrected chi connectivity index (χ2v) is 9.52. The number of rotatable bonds is 18. The lowest BCUT2D eigenvalue weighted by Crippen LogP contribution is -2.15. The van der Waals surface area contributed by atoms with E-state index in [0.717, 1.165) is 18.4 Å². The van der Waals surface area contributed by atoms with Gasteiger partial charge in [-0.1, -0.05) is 113 Å². The summed E-state index contributed by atoms with van der Waals surface area (Å²) in [5.74, 6) is -0.991. The topological polar surface area (TPSA) is 52.6 Å². The molecule has 0 bridgehead atoms. The Labute approximate surface area is 216 Å². The molecular formula is C30H41ClO4. The number of halogens is 1. The average molecular weight is 501 g/mol. The van der Waals surface area contributed by atoms with Crippen LogP contribution in [0.1, 0.15) is 110 Å². The summed E-state index contributed by atoms with van der Waals surface area (Å²) < 4.78 is 10.8. The lowest BCUT2D eigenvalue weighted by atomic mass is 10.1. The summed E-state index contributed by atoms with van der Waals surface area (Å²) in [6, 6.07) is 14.1. The van der Waals surface area contributed by atoms with Crippen LogP contribution in [0.2, 0.25) is 5.02 Å². The summed E-state index contributed by atoms with van der Waals surface area (Å²) in [5.41, 5.74) is 1.52. The van der Waals surface area contributed by atoms with Gasteiger partial charge in [-0.25, -0.2) is 9.59 Å². The molecule has 2 aromatic carbocycles. The monoisotopic (exact) mass is 500 g/mol. The number of carbonyl (C=O) groups is 2. The number of benzene rings is 2. The first kappa shape index (κ1) is 28.9. The fourth-order valence-electron chi connectivity index (χ4n) is 4.02. The average Bonchev–Trinajstić information content (AvgIpc) is 2.87. The van der Waals surface area contributed by atoms with Crippen molar-refractivity contribution in [2.75, 3.05) is 13.2 Å². The molecule has 0 heterocycles. The molecule has 0 saturated heterocycles. The van der Waals surface area contributed by atoms with Gasteiger partial charge in [0, 0.05) is 11.4 Å². The van der Waals surface area contributed by atoms with Gasteiger partial charge in [0.15, 0.2) is 0 Å². The molecule has 5 heteroatoms. The van der Waals surface area contributed by atoms with Gasteiger partial charge >= 0.3 is 11.9 Å². The van der Waals surface area contributed by atoms with Crippen LogP contribution in [-0.2, 0) is 15.9 Å². The minimum atomic E-state index is -0.517. The molecule has 192 valence electrons. The van der Waals surface area contributed by atoms with Crippen LogP contribution >= 0.6 is 11.6 Å². The molecule has 2 aromatic rings.